The van der Waals surface area contributed by atoms with Crippen LogP contribution < -0.4 is 0 Å². The van der Waals surface area contributed by atoms with Crippen molar-refractivity contribution in [2.24, 2.45) is 0 Å². The van der Waals surface area contributed by atoms with Crippen LogP contribution in [0.5, 0.6) is 0 Å². The highest BCUT2D eigenvalue weighted by Crippen LogP contribution is 2.29. The second kappa shape index (κ2) is 11.0. The van der Waals surface area contributed by atoms with E-state index in [0.29, 0.717) is 12.2 Å². The SMILES string of the molecule is CC(C)(C)OCc1cccc(-n2cccc2)c1.CC(C)(C)OCc1cccc(C(F)(F)F)c1. The molecule has 6 heteroatoms. The van der Waals surface area contributed by atoms with Gasteiger partial charge in [-0.2, -0.15) is 13.2 Å². The molecular weight excluding hydrogens is 427 g/mol. The number of nitrogens with zero attached hydrogens (tertiary/aromatic N) is 1. The van der Waals surface area contributed by atoms with Crippen LogP contribution in [0.15, 0.2) is 73.1 Å². The van der Waals surface area contributed by atoms with Gasteiger partial charge in [0.1, 0.15) is 0 Å². The normalized spacial score (nSPS) is 12.3. The number of alkyl halides is 3. The summed E-state index contributed by atoms with van der Waals surface area (Å²) in [6.07, 6.45) is -0.203. The van der Waals surface area contributed by atoms with Crippen LogP contribution in [0, 0.1) is 0 Å². The molecule has 0 saturated carbocycles. The number of hydrogen-bond acceptors (Lipinski definition) is 2. The van der Waals surface area contributed by atoms with Gasteiger partial charge in [-0.25, -0.2) is 0 Å². The number of hydrogen-bond donors (Lipinski definition) is 0. The molecule has 0 aliphatic rings. The molecule has 0 bridgehead atoms. The van der Waals surface area contributed by atoms with E-state index in [9.17, 15) is 13.2 Å². The smallest absolute Gasteiger partial charge is 0.371 e. The molecule has 3 nitrogen and oxygen atoms in total. The third-order valence-corrected chi connectivity index (χ3v) is 4.41. The Bertz CT molecular complexity index is 982. The fourth-order valence-corrected chi connectivity index (χ4v) is 2.75. The van der Waals surface area contributed by atoms with E-state index in [2.05, 4.69) is 49.6 Å². The first-order valence-corrected chi connectivity index (χ1v) is 10.9. The van der Waals surface area contributed by atoms with E-state index in [0.717, 1.165) is 12.1 Å². The van der Waals surface area contributed by atoms with Crippen LogP contribution in [0.2, 0.25) is 0 Å². The number of aromatic nitrogens is 1. The van der Waals surface area contributed by atoms with Crippen molar-refractivity contribution in [3.8, 4) is 5.69 Å². The Hall–Kier alpha value is -2.57. The minimum Gasteiger partial charge on any atom is -0.371 e. The molecule has 0 radical (unpaired) electrons. The van der Waals surface area contributed by atoms with E-state index in [1.54, 1.807) is 6.07 Å². The van der Waals surface area contributed by atoms with Crippen molar-refractivity contribution >= 4 is 0 Å². The first-order chi connectivity index (χ1) is 15.2. The van der Waals surface area contributed by atoms with E-state index in [-0.39, 0.29) is 17.8 Å². The summed E-state index contributed by atoms with van der Waals surface area (Å²) in [4.78, 5) is 0. The average Bonchev–Trinajstić information content (AvgIpc) is 3.25. The number of rotatable bonds is 5. The Labute approximate surface area is 195 Å². The van der Waals surface area contributed by atoms with Crippen LogP contribution in [0.1, 0.15) is 58.2 Å². The van der Waals surface area contributed by atoms with Gasteiger partial charge in [-0.3, -0.25) is 0 Å². The predicted molar refractivity (Wildman–Crippen MR) is 126 cm³/mol. The predicted octanol–water partition coefficient (Wildman–Crippen LogP) is 7.81. The second-order valence-corrected chi connectivity index (χ2v) is 9.76. The van der Waals surface area contributed by atoms with Gasteiger partial charge >= 0.3 is 6.18 Å². The summed E-state index contributed by atoms with van der Waals surface area (Å²) >= 11 is 0. The van der Waals surface area contributed by atoms with Crippen LogP contribution in [-0.2, 0) is 28.9 Å². The maximum Gasteiger partial charge on any atom is 0.416 e. The van der Waals surface area contributed by atoms with E-state index in [4.69, 9.17) is 9.47 Å². The van der Waals surface area contributed by atoms with Crippen molar-refractivity contribution in [1.29, 1.82) is 0 Å². The molecule has 0 saturated heterocycles. The molecule has 0 aliphatic heterocycles. The summed E-state index contributed by atoms with van der Waals surface area (Å²) < 4.78 is 50.5. The lowest BCUT2D eigenvalue weighted by Crippen LogP contribution is -2.18. The molecule has 0 amide bonds. The minimum atomic E-state index is -4.29. The third kappa shape index (κ3) is 10.3. The molecule has 0 fully saturated rings. The maximum atomic E-state index is 12.4. The van der Waals surface area contributed by atoms with Crippen LogP contribution in [0.3, 0.4) is 0 Å². The van der Waals surface area contributed by atoms with Crippen LogP contribution in [-0.4, -0.2) is 15.8 Å². The van der Waals surface area contributed by atoms with Crippen LogP contribution in [0.25, 0.3) is 5.69 Å². The molecule has 0 unspecified atom stereocenters. The van der Waals surface area contributed by atoms with Crippen LogP contribution >= 0.6 is 0 Å². The molecule has 0 spiro atoms. The first-order valence-electron chi connectivity index (χ1n) is 10.9. The summed E-state index contributed by atoms with van der Waals surface area (Å²) in [6.45, 7) is 12.6. The molecule has 0 N–H and O–H groups in total. The lowest BCUT2D eigenvalue weighted by Gasteiger charge is -2.19. The summed E-state index contributed by atoms with van der Waals surface area (Å²) in [6, 6.07) is 17.7. The Kier molecular flexibility index (Phi) is 8.92. The van der Waals surface area contributed by atoms with Gasteiger partial charge in [0, 0.05) is 18.1 Å². The van der Waals surface area contributed by atoms with Gasteiger partial charge in [-0.05, 0) is 89.1 Å². The monoisotopic (exact) mass is 461 g/mol. The third-order valence-electron chi connectivity index (χ3n) is 4.41. The van der Waals surface area contributed by atoms with Crippen molar-refractivity contribution < 1.29 is 22.6 Å². The highest BCUT2D eigenvalue weighted by atomic mass is 19.4. The van der Waals surface area contributed by atoms with E-state index < -0.39 is 11.7 Å². The molecule has 180 valence electrons. The highest BCUT2D eigenvalue weighted by molar-refractivity contribution is 5.36. The fourth-order valence-electron chi connectivity index (χ4n) is 2.75. The number of ether oxygens (including phenoxy) is 2. The summed E-state index contributed by atoms with van der Waals surface area (Å²) in [5.74, 6) is 0. The summed E-state index contributed by atoms with van der Waals surface area (Å²) in [7, 11) is 0. The second-order valence-electron chi connectivity index (χ2n) is 9.76. The first kappa shape index (κ1) is 26.7. The molecule has 3 aromatic rings. The number of halogens is 3. The zero-order valence-electron chi connectivity index (χ0n) is 20.2. The van der Waals surface area contributed by atoms with Crippen molar-refractivity contribution in [2.45, 2.75) is 72.1 Å². The van der Waals surface area contributed by atoms with Gasteiger partial charge in [0.05, 0.1) is 30.0 Å². The Balaban J connectivity index is 0.000000234. The van der Waals surface area contributed by atoms with Gasteiger partial charge in [-0.15, -0.1) is 0 Å². The van der Waals surface area contributed by atoms with Crippen molar-refractivity contribution in [3.05, 3.63) is 89.7 Å². The van der Waals surface area contributed by atoms with Crippen molar-refractivity contribution in [1.82, 2.24) is 4.57 Å². The van der Waals surface area contributed by atoms with Gasteiger partial charge in [-0.1, -0.05) is 24.3 Å². The lowest BCUT2D eigenvalue weighted by molar-refractivity contribution is -0.137. The molecule has 3 rings (SSSR count). The van der Waals surface area contributed by atoms with Crippen molar-refractivity contribution in [3.63, 3.8) is 0 Å². The van der Waals surface area contributed by atoms with Gasteiger partial charge in [0.2, 0.25) is 0 Å². The maximum absolute atomic E-state index is 12.4. The molecule has 1 aromatic heterocycles. The van der Waals surface area contributed by atoms with E-state index in [1.165, 1.54) is 17.3 Å². The quantitative estimate of drug-likeness (QED) is 0.387. The highest BCUT2D eigenvalue weighted by Gasteiger charge is 2.30. The average molecular weight is 462 g/mol. The molecular formula is C27H34F3NO2. The van der Waals surface area contributed by atoms with Gasteiger partial charge in [0.15, 0.2) is 0 Å². The van der Waals surface area contributed by atoms with Gasteiger partial charge in [0.25, 0.3) is 0 Å². The minimum absolute atomic E-state index is 0.0938. The van der Waals surface area contributed by atoms with Crippen LogP contribution in [0.4, 0.5) is 13.2 Å². The lowest BCUT2D eigenvalue weighted by atomic mass is 10.1. The van der Waals surface area contributed by atoms with E-state index >= 15 is 0 Å². The topological polar surface area (TPSA) is 23.4 Å². The zero-order chi connectivity index (χ0) is 24.7. The zero-order valence-corrected chi connectivity index (χ0v) is 20.2. The van der Waals surface area contributed by atoms with E-state index in [1.807, 2.05) is 45.3 Å². The Morgan fingerprint density at radius 1 is 0.667 bits per heavy atom. The molecule has 2 aromatic carbocycles. The molecule has 33 heavy (non-hydrogen) atoms. The standard InChI is InChI=1S/C15H19NO.C12H15F3O/c1-15(2,3)17-12-13-7-6-8-14(11-13)16-9-4-5-10-16;1-11(2,3)16-8-9-5-4-6-10(7-9)12(13,14)15/h4-11H,12H2,1-3H3;4-7H,8H2,1-3H3. The molecule has 0 atom stereocenters. The van der Waals surface area contributed by atoms with Gasteiger partial charge < -0.3 is 14.0 Å². The Morgan fingerprint density at radius 3 is 1.64 bits per heavy atom. The Morgan fingerprint density at radius 2 is 1.15 bits per heavy atom. The molecule has 0 aliphatic carbocycles. The van der Waals surface area contributed by atoms with Crippen molar-refractivity contribution in [2.75, 3.05) is 0 Å². The number of benzene rings is 2. The fraction of sp³-hybridized carbons (Fsp3) is 0.407. The molecule has 1 heterocycles. The summed E-state index contributed by atoms with van der Waals surface area (Å²) in [5, 5.41) is 0. The largest absolute Gasteiger partial charge is 0.416 e. The summed E-state index contributed by atoms with van der Waals surface area (Å²) in [5.41, 5.74) is 1.82.